The molecule has 0 spiro atoms. The maximum absolute atomic E-state index is 11.5. The number of hydrogen-bond acceptors (Lipinski definition) is 2. The van der Waals surface area contributed by atoms with E-state index in [4.69, 9.17) is 5.73 Å². The molecule has 0 aromatic heterocycles. The van der Waals surface area contributed by atoms with Crippen molar-refractivity contribution in [1.29, 1.82) is 0 Å². The van der Waals surface area contributed by atoms with Crippen LogP contribution < -0.4 is 11.1 Å². The topological polar surface area (TPSA) is 55.1 Å². The van der Waals surface area contributed by atoms with E-state index < -0.39 is 5.54 Å². The molecule has 94 valence electrons. The molecule has 0 atom stereocenters. The smallest absolute Gasteiger partial charge is 0.240 e. The number of rotatable bonds is 5. The van der Waals surface area contributed by atoms with E-state index in [2.05, 4.69) is 17.4 Å². The van der Waals surface area contributed by atoms with Gasteiger partial charge in [-0.2, -0.15) is 0 Å². The van der Waals surface area contributed by atoms with E-state index in [-0.39, 0.29) is 18.3 Å². The minimum absolute atomic E-state index is 0. The highest BCUT2D eigenvalue weighted by Gasteiger charge is 2.45. The lowest BCUT2D eigenvalue weighted by Crippen LogP contribution is -2.43. The summed E-state index contributed by atoms with van der Waals surface area (Å²) in [6, 6.07) is 10.3. The largest absolute Gasteiger partial charge is 0.354 e. The van der Waals surface area contributed by atoms with Crippen molar-refractivity contribution in [3.63, 3.8) is 0 Å². The Bertz CT molecular complexity index is 363. The highest BCUT2D eigenvalue weighted by atomic mass is 35.5. The quantitative estimate of drug-likeness (QED) is 0.785. The number of nitrogens with two attached hydrogens (primary N) is 1. The van der Waals surface area contributed by atoms with Gasteiger partial charge in [0.1, 0.15) is 0 Å². The molecule has 1 aromatic carbocycles. The van der Waals surface area contributed by atoms with Crippen LogP contribution >= 0.6 is 12.4 Å². The molecule has 1 aliphatic carbocycles. The maximum atomic E-state index is 11.5. The average molecular weight is 255 g/mol. The molecule has 3 nitrogen and oxygen atoms in total. The Kier molecular flexibility index (Phi) is 4.97. The van der Waals surface area contributed by atoms with E-state index in [1.807, 2.05) is 18.2 Å². The summed E-state index contributed by atoms with van der Waals surface area (Å²) < 4.78 is 0. The van der Waals surface area contributed by atoms with E-state index >= 15 is 0 Å². The number of carbonyl (C=O) groups is 1. The second-order valence-corrected chi connectivity index (χ2v) is 4.50. The lowest BCUT2D eigenvalue weighted by atomic mass is 10.1. The number of benzene rings is 1. The number of halogens is 1. The highest BCUT2D eigenvalue weighted by Crippen LogP contribution is 2.31. The molecule has 0 bridgehead atoms. The molecule has 4 heteroatoms. The Balaban J connectivity index is 0.00000144. The molecule has 1 aliphatic rings. The Morgan fingerprint density at radius 3 is 2.53 bits per heavy atom. The molecule has 0 aliphatic heterocycles. The fraction of sp³-hybridized carbons (Fsp3) is 0.462. The number of carbonyl (C=O) groups excluding carboxylic acids is 1. The fourth-order valence-corrected chi connectivity index (χ4v) is 1.68. The first kappa shape index (κ1) is 14.0. The number of nitrogens with one attached hydrogen (secondary N) is 1. The summed E-state index contributed by atoms with van der Waals surface area (Å²) in [7, 11) is 0. The number of aryl methyl sites for hydroxylation is 1. The molecule has 1 saturated carbocycles. The van der Waals surface area contributed by atoms with Crippen LogP contribution in [0.4, 0.5) is 0 Å². The molecule has 3 N–H and O–H groups in total. The van der Waals surface area contributed by atoms with Gasteiger partial charge in [-0.3, -0.25) is 4.79 Å². The maximum Gasteiger partial charge on any atom is 0.240 e. The molecule has 17 heavy (non-hydrogen) atoms. The first-order valence-corrected chi connectivity index (χ1v) is 5.82. The average Bonchev–Trinajstić information content (AvgIpc) is 3.05. The summed E-state index contributed by atoms with van der Waals surface area (Å²) in [6.07, 6.45) is 3.62. The van der Waals surface area contributed by atoms with Gasteiger partial charge in [0.15, 0.2) is 0 Å². The van der Waals surface area contributed by atoms with E-state index in [0.29, 0.717) is 6.54 Å². The van der Waals surface area contributed by atoms with Crippen LogP contribution in [0.3, 0.4) is 0 Å². The lowest BCUT2D eigenvalue weighted by molar-refractivity contribution is -0.123. The Morgan fingerprint density at radius 1 is 1.29 bits per heavy atom. The summed E-state index contributed by atoms with van der Waals surface area (Å²) in [5.74, 6) is 0.0144. The van der Waals surface area contributed by atoms with Gasteiger partial charge in [-0.05, 0) is 31.2 Å². The highest BCUT2D eigenvalue weighted by molar-refractivity contribution is 5.88. The fourth-order valence-electron chi connectivity index (χ4n) is 1.68. The third-order valence-corrected chi connectivity index (χ3v) is 3.01. The minimum atomic E-state index is -0.535. The zero-order valence-corrected chi connectivity index (χ0v) is 10.6. The third kappa shape index (κ3) is 4.02. The monoisotopic (exact) mass is 254 g/mol. The van der Waals surface area contributed by atoms with Crippen molar-refractivity contribution in [2.24, 2.45) is 5.73 Å². The van der Waals surface area contributed by atoms with Gasteiger partial charge in [0, 0.05) is 6.54 Å². The van der Waals surface area contributed by atoms with Crippen molar-refractivity contribution in [2.75, 3.05) is 6.54 Å². The summed E-state index contributed by atoms with van der Waals surface area (Å²) in [6.45, 7) is 0.715. The van der Waals surface area contributed by atoms with Crippen molar-refractivity contribution >= 4 is 18.3 Å². The van der Waals surface area contributed by atoms with E-state index in [1.165, 1.54) is 5.56 Å². The molecule has 0 heterocycles. The normalized spacial score (nSPS) is 15.8. The lowest BCUT2D eigenvalue weighted by Gasteiger charge is -2.09. The van der Waals surface area contributed by atoms with Crippen LogP contribution in [-0.4, -0.2) is 18.0 Å². The first-order valence-electron chi connectivity index (χ1n) is 5.82. The molecule has 0 unspecified atom stereocenters. The molecular weight excluding hydrogens is 236 g/mol. The van der Waals surface area contributed by atoms with Gasteiger partial charge < -0.3 is 11.1 Å². The van der Waals surface area contributed by atoms with Crippen molar-refractivity contribution in [3.8, 4) is 0 Å². The van der Waals surface area contributed by atoms with Gasteiger partial charge in [0.25, 0.3) is 0 Å². The Hall–Kier alpha value is -1.06. The van der Waals surface area contributed by atoms with Gasteiger partial charge in [-0.1, -0.05) is 30.3 Å². The van der Waals surface area contributed by atoms with Crippen LogP contribution in [0.1, 0.15) is 24.8 Å². The van der Waals surface area contributed by atoms with Crippen LogP contribution in [0.5, 0.6) is 0 Å². The second kappa shape index (κ2) is 6.03. The first-order chi connectivity index (χ1) is 7.71. The standard InChI is InChI=1S/C13H18N2O.ClH/c14-13(8-9-13)12(16)15-10-4-7-11-5-2-1-3-6-11;/h1-3,5-6H,4,7-10,14H2,(H,15,16);1H. The minimum Gasteiger partial charge on any atom is -0.354 e. The Labute approximate surface area is 108 Å². The zero-order valence-electron chi connectivity index (χ0n) is 9.82. The molecule has 0 radical (unpaired) electrons. The summed E-state index contributed by atoms with van der Waals surface area (Å²) in [4.78, 5) is 11.5. The Morgan fingerprint density at radius 2 is 1.94 bits per heavy atom. The van der Waals surface area contributed by atoms with Crippen LogP contribution in [0.2, 0.25) is 0 Å². The summed E-state index contributed by atoms with van der Waals surface area (Å²) >= 11 is 0. The van der Waals surface area contributed by atoms with Crippen LogP contribution in [-0.2, 0) is 11.2 Å². The molecule has 0 saturated heterocycles. The number of hydrogen-bond donors (Lipinski definition) is 2. The van der Waals surface area contributed by atoms with Crippen molar-refractivity contribution < 1.29 is 4.79 Å². The predicted molar refractivity (Wildman–Crippen MR) is 71.2 cm³/mol. The van der Waals surface area contributed by atoms with Gasteiger partial charge in [0.2, 0.25) is 5.91 Å². The second-order valence-electron chi connectivity index (χ2n) is 4.50. The summed E-state index contributed by atoms with van der Waals surface area (Å²) in [5, 5.41) is 2.89. The molecule has 1 amide bonds. The number of amides is 1. The van der Waals surface area contributed by atoms with Crippen molar-refractivity contribution in [3.05, 3.63) is 35.9 Å². The zero-order chi connectivity index (χ0) is 11.4. The molecular formula is C13H19ClN2O. The third-order valence-electron chi connectivity index (χ3n) is 3.01. The van der Waals surface area contributed by atoms with Crippen LogP contribution in [0, 0.1) is 0 Å². The molecule has 2 rings (SSSR count). The SMILES string of the molecule is Cl.NC1(C(=O)NCCCc2ccccc2)CC1. The van der Waals surface area contributed by atoms with Crippen LogP contribution in [0.25, 0.3) is 0 Å². The molecule has 1 fully saturated rings. The van der Waals surface area contributed by atoms with E-state index in [0.717, 1.165) is 25.7 Å². The van der Waals surface area contributed by atoms with Crippen molar-refractivity contribution in [2.45, 2.75) is 31.2 Å². The predicted octanol–water partition coefficient (Wildman–Crippen LogP) is 1.65. The molecule has 1 aromatic rings. The van der Waals surface area contributed by atoms with E-state index in [1.54, 1.807) is 0 Å². The van der Waals surface area contributed by atoms with Gasteiger partial charge in [0.05, 0.1) is 5.54 Å². The van der Waals surface area contributed by atoms with E-state index in [9.17, 15) is 4.79 Å². The van der Waals surface area contributed by atoms with Gasteiger partial charge in [-0.15, -0.1) is 12.4 Å². The van der Waals surface area contributed by atoms with Crippen LogP contribution in [0.15, 0.2) is 30.3 Å². The van der Waals surface area contributed by atoms with Crippen molar-refractivity contribution in [1.82, 2.24) is 5.32 Å². The van der Waals surface area contributed by atoms with Gasteiger partial charge >= 0.3 is 0 Å². The van der Waals surface area contributed by atoms with Gasteiger partial charge in [-0.25, -0.2) is 0 Å². The summed E-state index contributed by atoms with van der Waals surface area (Å²) in [5.41, 5.74) is 6.55.